The number of halogens is 1. The van der Waals surface area contributed by atoms with E-state index in [1.54, 1.807) is 42.5 Å². The van der Waals surface area contributed by atoms with Gasteiger partial charge in [-0.3, -0.25) is 9.35 Å². The Labute approximate surface area is 230 Å². The molecule has 39 heavy (non-hydrogen) atoms. The van der Waals surface area contributed by atoms with Crippen LogP contribution in [0.4, 0.5) is 23.0 Å². The fourth-order valence-electron chi connectivity index (χ4n) is 3.40. The summed E-state index contributed by atoms with van der Waals surface area (Å²) in [4.78, 5) is 25.2. The fourth-order valence-corrected chi connectivity index (χ4v) is 4.13. The van der Waals surface area contributed by atoms with Gasteiger partial charge in [-0.1, -0.05) is 29.8 Å². The highest BCUT2D eigenvalue weighted by Crippen LogP contribution is 2.36. The van der Waals surface area contributed by atoms with Crippen molar-refractivity contribution in [3.05, 3.63) is 77.3 Å². The maximum Gasteiger partial charge on any atom is 0.360 e. The van der Waals surface area contributed by atoms with Crippen LogP contribution in [0.1, 0.15) is 16.8 Å². The first-order valence-electron chi connectivity index (χ1n) is 11.3. The number of nitrogens with one attached hydrogen (secondary N) is 1. The van der Waals surface area contributed by atoms with Gasteiger partial charge in [0.25, 0.3) is 11.3 Å². The van der Waals surface area contributed by atoms with Crippen molar-refractivity contribution in [1.82, 2.24) is 14.9 Å². The normalized spacial score (nSPS) is 11.1. The van der Waals surface area contributed by atoms with Gasteiger partial charge < -0.3 is 10.1 Å². The number of nitrogens with zero attached hydrogens (tertiary/aromatic N) is 7. The van der Waals surface area contributed by atoms with E-state index in [1.165, 1.54) is 31.4 Å². The lowest BCUT2D eigenvalue weighted by Gasteiger charge is -2.22. The highest BCUT2D eigenvalue weighted by atomic mass is 35.5. The van der Waals surface area contributed by atoms with Crippen molar-refractivity contribution in [1.29, 1.82) is 5.26 Å². The summed E-state index contributed by atoms with van der Waals surface area (Å²) < 4.78 is 29.3. The molecular weight excluding hydrogens is 544 g/mol. The minimum atomic E-state index is -2.64. The van der Waals surface area contributed by atoms with Gasteiger partial charge in [-0.05, 0) is 42.5 Å². The average Bonchev–Trinajstić information content (AvgIpc) is 2.94. The Bertz CT molecular complexity index is 1670. The number of hydrogen-bond acceptors (Lipinski definition) is 8. The number of nitriles is 1. The number of hydrogen-bond donors (Lipinski definition) is 2. The molecule has 1 heterocycles. The minimum absolute atomic E-state index is 0.00820. The van der Waals surface area contributed by atoms with Crippen LogP contribution in [-0.4, -0.2) is 38.3 Å². The molecule has 0 saturated heterocycles. The van der Waals surface area contributed by atoms with Crippen molar-refractivity contribution >= 4 is 62.8 Å². The van der Waals surface area contributed by atoms with Crippen LogP contribution >= 0.6 is 11.6 Å². The van der Waals surface area contributed by atoms with Crippen LogP contribution in [0.2, 0.25) is 5.02 Å². The van der Waals surface area contributed by atoms with E-state index in [9.17, 15) is 13.6 Å². The number of benzene rings is 3. The van der Waals surface area contributed by atoms with E-state index in [4.69, 9.17) is 21.6 Å². The van der Waals surface area contributed by atoms with Crippen molar-refractivity contribution in [2.75, 3.05) is 23.3 Å². The molecule has 1 aromatic heterocycles. The van der Waals surface area contributed by atoms with E-state index < -0.39 is 17.2 Å². The largest absolute Gasteiger partial charge is 0.497 e. The van der Waals surface area contributed by atoms with Crippen molar-refractivity contribution in [3.8, 4) is 11.8 Å². The molecule has 0 aliphatic carbocycles. The zero-order valence-corrected chi connectivity index (χ0v) is 21.9. The predicted molar refractivity (Wildman–Crippen MR) is 147 cm³/mol. The van der Waals surface area contributed by atoms with Crippen LogP contribution in [0.5, 0.6) is 5.75 Å². The summed E-state index contributed by atoms with van der Waals surface area (Å²) in [5.41, 5.74) is 1.65. The molecule has 1 amide bonds. The zero-order valence-electron chi connectivity index (χ0n) is 20.4. The number of methoxy groups -OCH3 is 1. The van der Waals surface area contributed by atoms with Gasteiger partial charge in [0.2, 0.25) is 10.0 Å². The highest BCUT2D eigenvalue weighted by Gasteiger charge is 2.24. The second-order valence-electron chi connectivity index (χ2n) is 7.70. The summed E-state index contributed by atoms with van der Waals surface area (Å²) in [6.45, 7) is 0.109. The number of aromatic nitrogens is 2. The van der Waals surface area contributed by atoms with Crippen LogP contribution in [0, 0.1) is 11.3 Å². The van der Waals surface area contributed by atoms with Crippen molar-refractivity contribution in [2.24, 2.45) is 10.2 Å². The van der Waals surface area contributed by atoms with Crippen LogP contribution in [-0.2, 0) is 11.3 Å². The van der Waals surface area contributed by atoms with Crippen LogP contribution in [0.3, 0.4) is 0 Å². The number of fused-ring (bicyclic) bond motifs is 1. The molecule has 0 radical (unpaired) electrons. The molecule has 4 rings (SSSR count). The van der Waals surface area contributed by atoms with Gasteiger partial charge in [-0.2, -0.15) is 5.26 Å². The molecule has 0 saturated carbocycles. The Hall–Kier alpha value is -4.73. The van der Waals surface area contributed by atoms with E-state index >= 15 is 0 Å². The standard InChI is InChI=1S/C25H19ClN8O4S/c1-38-18-10-11-19(26)22(15-18)30-23-24(31-21-9-3-2-8-20(21)29-23)34(39(36)37)17-7-4-6-16(14-17)25(35)32-33-28-13-5-12-27/h2-4,6-11,14-15H,5,13H2,1H3,(H-,29,30,36,37)/p+1. The predicted octanol–water partition coefficient (Wildman–Crippen LogP) is 5.34. The first-order valence-corrected chi connectivity index (χ1v) is 12.7. The number of carbonyl (C=O) groups is 1. The third-order valence-corrected chi connectivity index (χ3v) is 6.20. The number of carbonyl (C=O) groups excluding carboxylic acids is 1. The molecule has 0 aliphatic heterocycles. The summed E-state index contributed by atoms with van der Waals surface area (Å²) >= 11 is 3.75. The molecule has 4 aromatic rings. The van der Waals surface area contributed by atoms with Crippen molar-refractivity contribution in [2.45, 2.75) is 6.42 Å². The van der Waals surface area contributed by atoms with Gasteiger partial charge >= 0.3 is 5.91 Å². The highest BCUT2D eigenvalue weighted by molar-refractivity contribution is 7.81. The first kappa shape index (κ1) is 27.3. The quantitative estimate of drug-likeness (QED) is 0.119. The Morgan fingerprint density at radius 3 is 2.67 bits per heavy atom. The number of amides is 1. The topological polar surface area (TPSA) is 167 Å². The van der Waals surface area contributed by atoms with Crippen molar-refractivity contribution in [3.63, 3.8) is 0 Å². The maximum atomic E-state index is 12.7. The molecular formula is C25H20ClN8O4S+. The van der Waals surface area contributed by atoms with Crippen LogP contribution in [0.15, 0.2) is 77.0 Å². The molecule has 0 spiro atoms. The van der Waals surface area contributed by atoms with Gasteiger partial charge in [0, 0.05) is 6.07 Å². The molecule has 3 aromatic carbocycles. The Morgan fingerprint density at radius 1 is 1.18 bits per heavy atom. The van der Waals surface area contributed by atoms with Gasteiger partial charge in [-0.15, -0.1) is 0 Å². The SMILES string of the molecule is COc1ccc(Cl)c(Nc2nc3ccccc3nc2N(c2cccc(C(=O)N=[N+]=NCCC#N)c2)S(=O)O)c1. The lowest BCUT2D eigenvalue weighted by molar-refractivity contribution is 0.0992. The smallest absolute Gasteiger partial charge is 0.360 e. The monoisotopic (exact) mass is 563 g/mol. The Morgan fingerprint density at radius 2 is 1.95 bits per heavy atom. The van der Waals surface area contributed by atoms with Crippen LogP contribution in [0.25, 0.3) is 11.0 Å². The lowest BCUT2D eigenvalue weighted by atomic mass is 10.2. The van der Waals surface area contributed by atoms with Gasteiger partial charge in [-0.25, -0.2) is 18.5 Å². The molecule has 14 heteroatoms. The summed E-state index contributed by atoms with van der Waals surface area (Å²) in [6, 6.07) is 19.8. The second kappa shape index (κ2) is 12.7. The number of rotatable bonds is 9. The number of para-hydroxylation sites is 2. The van der Waals surface area contributed by atoms with Gasteiger partial charge in [0.15, 0.2) is 11.6 Å². The summed E-state index contributed by atoms with van der Waals surface area (Å²) in [7, 11) is 1.51. The fraction of sp³-hybridized carbons (Fsp3) is 0.120. The third kappa shape index (κ3) is 6.59. The Kier molecular flexibility index (Phi) is 8.88. The molecule has 1 unspecified atom stereocenters. The van der Waals surface area contributed by atoms with Gasteiger partial charge in [0.05, 0.1) is 52.6 Å². The summed E-state index contributed by atoms with van der Waals surface area (Å²) in [6.07, 6.45) is 0.143. The molecule has 12 nitrogen and oxygen atoms in total. The first-order chi connectivity index (χ1) is 18.9. The molecule has 0 fully saturated rings. The third-order valence-electron chi connectivity index (χ3n) is 5.18. The zero-order chi connectivity index (χ0) is 27.8. The number of ether oxygens (including phenoxy) is 1. The summed E-state index contributed by atoms with van der Waals surface area (Å²) in [5, 5.41) is 19.1. The minimum Gasteiger partial charge on any atom is -0.497 e. The van der Waals surface area contributed by atoms with Gasteiger partial charge in [0.1, 0.15) is 17.4 Å². The molecule has 0 aliphatic rings. The van der Waals surface area contributed by atoms with Crippen molar-refractivity contribution < 1.29 is 18.3 Å². The Balaban J connectivity index is 1.80. The number of anilines is 4. The van der Waals surface area contributed by atoms with E-state index in [2.05, 4.69) is 30.4 Å². The second-order valence-corrected chi connectivity index (χ2v) is 8.93. The van der Waals surface area contributed by atoms with E-state index in [-0.39, 0.29) is 35.9 Å². The molecule has 0 bridgehead atoms. The van der Waals surface area contributed by atoms with E-state index in [0.717, 1.165) is 4.31 Å². The molecule has 196 valence electrons. The van der Waals surface area contributed by atoms with E-state index in [0.29, 0.717) is 27.5 Å². The molecule has 2 N–H and O–H groups in total. The molecule has 1 atom stereocenters. The van der Waals surface area contributed by atoms with E-state index in [1.807, 2.05) is 6.07 Å². The van der Waals surface area contributed by atoms with Crippen LogP contribution < -0.4 is 19.3 Å². The maximum absolute atomic E-state index is 12.7. The average molecular weight is 564 g/mol. The lowest BCUT2D eigenvalue weighted by Crippen LogP contribution is -2.22. The summed E-state index contributed by atoms with van der Waals surface area (Å²) in [5.74, 6) is -0.0861.